The molecule has 7 N–H and O–H groups in total. The molecule has 0 spiro atoms. The Hall–Kier alpha value is -3.05. The zero-order chi connectivity index (χ0) is 16.4. The number of aromatic hydroxyl groups is 1. The second-order valence-electron chi connectivity index (χ2n) is 3.62. The van der Waals surface area contributed by atoms with Crippen molar-refractivity contribution in [2.45, 2.75) is 6.18 Å². The van der Waals surface area contributed by atoms with Gasteiger partial charge in [0.2, 0.25) is 5.96 Å². The first-order valence-corrected chi connectivity index (χ1v) is 5.04. The van der Waals surface area contributed by atoms with Gasteiger partial charge in [-0.1, -0.05) is 0 Å². The van der Waals surface area contributed by atoms with E-state index < -0.39 is 45.7 Å². The highest BCUT2D eigenvalue weighted by Crippen LogP contribution is 2.42. The molecule has 0 amide bonds. The molecule has 0 bridgehead atoms. The van der Waals surface area contributed by atoms with Crippen molar-refractivity contribution in [3.8, 4) is 5.75 Å². The Balaban J connectivity index is 3.51. The molecule has 12 heteroatoms. The van der Waals surface area contributed by atoms with Crippen LogP contribution in [0.2, 0.25) is 0 Å². The molecule has 1 aromatic carbocycles. The Morgan fingerprint density at radius 2 is 1.86 bits per heavy atom. The van der Waals surface area contributed by atoms with Crippen molar-refractivity contribution >= 4 is 23.3 Å². The lowest BCUT2D eigenvalue weighted by Crippen LogP contribution is -2.26. The number of guanidine groups is 2. The maximum absolute atomic E-state index is 12.7. The van der Waals surface area contributed by atoms with Gasteiger partial charge in [-0.3, -0.25) is 10.1 Å². The summed E-state index contributed by atoms with van der Waals surface area (Å²) in [6, 6.07) is 0.576. The zero-order valence-electron chi connectivity index (χ0n) is 10.1. The maximum atomic E-state index is 12.7. The molecule has 0 saturated carbocycles. The minimum Gasteiger partial charge on any atom is -0.505 e. The van der Waals surface area contributed by atoms with Crippen molar-refractivity contribution in [1.82, 2.24) is 0 Å². The molecule has 0 aliphatic carbocycles. The molecule has 0 radical (unpaired) electrons. The van der Waals surface area contributed by atoms with E-state index >= 15 is 0 Å². The van der Waals surface area contributed by atoms with Gasteiger partial charge >= 0.3 is 6.18 Å². The summed E-state index contributed by atoms with van der Waals surface area (Å²) in [7, 11) is 0. The van der Waals surface area contributed by atoms with Crippen LogP contribution in [0.4, 0.5) is 24.5 Å². The largest absolute Gasteiger partial charge is 0.505 e. The highest BCUT2D eigenvalue weighted by atomic mass is 19.4. The van der Waals surface area contributed by atoms with E-state index in [4.69, 9.17) is 17.2 Å². The van der Waals surface area contributed by atoms with Crippen LogP contribution >= 0.6 is 0 Å². The van der Waals surface area contributed by atoms with E-state index in [0.717, 1.165) is 0 Å². The molecular formula is C9H9F3N6O3. The predicted molar refractivity (Wildman–Crippen MR) is 66.9 cm³/mol. The van der Waals surface area contributed by atoms with Gasteiger partial charge in [-0.25, -0.2) is 4.99 Å². The van der Waals surface area contributed by atoms with Crippen molar-refractivity contribution < 1.29 is 23.2 Å². The predicted octanol–water partition coefficient (Wildman–Crippen LogP) is 0.539. The number of benzene rings is 1. The molecule has 0 fully saturated rings. The third-order valence-electron chi connectivity index (χ3n) is 2.07. The lowest BCUT2D eigenvalue weighted by molar-refractivity contribution is -0.388. The van der Waals surface area contributed by atoms with Crippen LogP contribution in [0.5, 0.6) is 5.75 Å². The van der Waals surface area contributed by atoms with Gasteiger partial charge in [-0.2, -0.15) is 18.2 Å². The van der Waals surface area contributed by atoms with Crippen LogP contribution in [0.25, 0.3) is 0 Å². The average Bonchev–Trinajstić information content (AvgIpc) is 2.28. The number of nitrogens with two attached hydrogens (primary N) is 3. The third kappa shape index (κ3) is 3.95. The van der Waals surface area contributed by atoms with Gasteiger partial charge < -0.3 is 22.3 Å². The molecule has 0 atom stereocenters. The number of nitrogens with zero attached hydrogens (tertiary/aromatic N) is 3. The minimum absolute atomic E-state index is 0.266. The molecule has 114 valence electrons. The summed E-state index contributed by atoms with van der Waals surface area (Å²) in [5, 5.41) is 20.0. The Labute approximate surface area is 114 Å². The molecule has 0 unspecified atom stereocenters. The molecular weight excluding hydrogens is 297 g/mol. The van der Waals surface area contributed by atoms with Crippen molar-refractivity contribution in [3.05, 3.63) is 27.8 Å². The molecule has 0 heterocycles. The highest BCUT2D eigenvalue weighted by Gasteiger charge is 2.39. The van der Waals surface area contributed by atoms with Gasteiger partial charge in [0.1, 0.15) is 17.0 Å². The molecule has 0 aromatic heterocycles. The number of phenolic OH excluding ortho intramolecular Hbond substituents is 1. The summed E-state index contributed by atoms with van der Waals surface area (Å²) < 4.78 is 38.2. The number of hydrogen-bond donors (Lipinski definition) is 4. The Morgan fingerprint density at radius 1 is 1.29 bits per heavy atom. The standard InChI is InChI=1S/C9H9F3N6O3/c10-9(11,12)3-1-4(16-8(15)17-7(13)14)6(19)2-5(3)18(20)21/h1-2,19H,(H6,13,14,15,16,17). The number of phenols is 1. The van der Waals surface area contributed by atoms with Crippen molar-refractivity contribution in [1.29, 1.82) is 0 Å². The molecule has 0 aliphatic rings. The lowest BCUT2D eigenvalue weighted by Gasteiger charge is -2.09. The quantitative estimate of drug-likeness (QED) is 0.269. The molecule has 0 saturated heterocycles. The number of nitro benzene ring substituents is 1. The van der Waals surface area contributed by atoms with E-state index in [1.54, 1.807) is 0 Å². The Bertz CT molecular complexity index is 636. The maximum Gasteiger partial charge on any atom is 0.423 e. The first-order chi connectivity index (χ1) is 9.52. The van der Waals surface area contributed by atoms with Gasteiger partial charge in [0.05, 0.1) is 11.0 Å². The van der Waals surface area contributed by atoms with Gasteiger partial charge in [-0.15, -0.1) is 0 Å². The molecule has 21 heavy (non-hydrogen) atoms. The molecule has 1 rings (SSSR count). The van der Waals surface area contributed by atoms with Crippen LogP contribution in [0.1, 0.15) is 5.56 Å². The zero-order valence-corrected chi connectivity index (χ0v) is 10.1. The highest BCUT2D eigenvalue weighted by molar-refractivity contribution is 5.94. The fourth-order valence-electron chi connectivity index (χ4n) is 1.31. The Morgan fingerprint density at radius 3 is 2.29 bits per heavy atom. The summed E-state index contributed by atoms with van der Waals surface area (Å²) >= 11 is 0. The fourth-order valence-corrected chi connectivity index (χ4v) is 1.31. The summed E-state index contributed by atoms with van der Waals surface area (Å²) in [5.74, 6) is -2.02. The van der Waals surface area contributed by atoms with E-state index in [1.165, 1.54) is 0 Å². The molecule has 9 nitrogen and oxygen atoms in total. The molecule has 0 aliphatic heterocycles. The lowest BCUT2D eigenvalue weighted by atomic mass is 10.1. The van der Waals surface area contributed by atoms with Crippen LogP contribution < -0.4 is 17.2 Å². The van der Waals surface area contributed by atoms with Crippen LogP contribution in [0.15, 0.2) is 22.1 Å². The normalized spacial score (nSPS) is 12.0. The monoisotopic (exact) mass is 306 g/mol. The number of nitro groups is 1. The van der Waals surface area contributed by atoms with Crippen LogP contribution in [-0.2, 0) is 6.18 Å². The van der Waals surface area contributed by atoms with Crippen LogP contribution in [-0.4, -0.2) is 21.9 Å². The summed E-state index contributed by atoms with van der Waals surface area (Å²) in [6.45, 7) is 0. The number of rotatable bonds is 2. The number of hydrogen-bond acceptors (Lipinski definition) is 4. The molecule has 1 aromatic rings. The number of aliphatic imine (C=N–C) groups is 2. The third-order valence-corrected chi connectivity index (χ3v) is 2.07. The van der Waals surface area contributed by atoms with Crippen molar-refractivity contribution in [2.75, 3.05) is 0 Å². The van der Waals surface area contributed by atoms with Crippen molar-refractivity contribution in [2.24, 2.45) is 27.2 Å². The van der Waals surface area contributed by atoms with E-state index in [0.29, 0.717) is 6.07 Å². The van der Waals surface area contributed by atoms with E-state index in [1.807, 2.05) is 0 Å². The summed E-state index contributed by atoms with van der Waals surface area (Å²) in [6.07, 6.45) is -5.02. The summed E-state index contributed by atoms with van der Waals surface area (Å²) in [5.41, 5.74) is 11.6. The van der Waals surface area contributed by atoms with Crippen molar-refractivity contribution in [3.63, 3.8) is 0 Å². The minimum atomic E-state index is -5.02. The van der Waals surface area contributed by atoms with E-state index in [9.17, 15) is 28.4 Å². The Kier molecular flexibility index (Phi) is 4.21. The van der Waals surface area contributed by atoms with Gasteiger partial charge in [0.15, 0.2) is 5.96 Å². The topological polar surface area (TPSA) is 166 Å². The first-order valence-electron chi connectivity index (χ1n) is 5.04. The second kappa shape index (κ2) is 5.52. The van der Waals surface area contributed by atoms with E-state index in [-0.39, 0.29) is 6.07 Å². The van der Waals surface area contributed by atoms with Crippen LogP contribution in [0.3, 0.4) is 0 Å². The van der Waals surface area contributed by atoms with Crippen LogP contribution in [0, 0.1) is 10.1 Å². The average molecular weight is 306 g/mol. The van der Waals surface area contributed by atoms with Gasteiger partial charge in [-0.05, 0) is 6.07 Å². The van der Waals surface area contributed by atoms with Gasteiger partial charge in [0.25, 0.3) is 5.69 Å². The first kappa shape index (κ1) is 16.0. The SMILES string of the molecule is NC(N)=NC(N)=Nc1cc(C(F)(F)F)c([N+](=O)[O-])cc1O. The number of alkyl halides is 3. The summed E-state index contributed by atoms with van der Waals surface area (Å²) in [4.78, 5) is 15.9. The number of halogens is 3. The fraction of sp³-hybridized carbons (Fsp3) is 0.111. The smallest absolute Gasteiger partial charge is 0.423 e. The van der Waals surface area contributed by atoms with Gasteiger partial charge in [0, 0.05) is 0 Å². The van der Waals surface area contributed by atoms with E-state index in [2.05, 4.69) is 9.98 Å². The second-order valence-corrected chi connectivity index (χ2v) is 3.62.